The molecular weight excluding hydrogens is 166 g/mol. The average molecular weight is 181 g/mol. The van der Waals surface area contributed by atoms with Crippen LogP contribution in [0, 0.1) is 11.5 Å². The maximum atomic E-state index is 11.6. The SMILES string of the molecule is CNC1(C(=O)NC#N)CCCCC1. The van der Waals surface area contributed by atoms with Crippen molar-refractivity contribution in [1.82, 2.24) is 10.6 Å². The Bertz CT molecular complexity index is 226. The lowest BCUT2D eigenvalue weighted by molar-refractivity contribution is -0.127. The molecule has 13 heavy (non-hydrogen) atoms. The zero-order chi connectivity index (χ0) is 9.73. The van der Waals surface area contributed by atoms with Gasteiger partial charge in [-0.2, -0.15) is 5.26 Å². The molecule has 2 N–H and O–H groups in total. The molecule has 1 saturated carbocycles. The normalized spacial score (nSPS) is 20.3. The van der Waals surface area contributed by atoms with Crippen molar-refractivity contribution in [3.63, 3.8) is 0 Å². The number of amides is 1. The first kappa shape index (κ1) is 10.0. The summed E-state index contributed by atoms with van der Waals surface area (Å²) in [6, 6.07) is 0. The summed E-state index contributed by atoms with van der Waals surface area (Å²) in [4.78, 5) is 11.6. The summed E-state index contributed by atoms with van der Waals surface area (Å²) >= 11 is 0. The van der Waals surface area contributed by atoms with E-state index in [4.69, 9.17) is 5.26 Å². The molecule has 1 rings (SSSR count). The molecule has 0 aliphatic heterocycles. The molecule has 4 nitrogen and oxygen atoms in total. The Hall–Kier alpha value is -1.08. The standard InChI is InChI=1S/C9H15N3O/c1-11-9(8(13)12-7-10)5-3-2-4-6-9/h11H,2-6H2,1H3,(H,12,13). The first-order chi connectivity index (χ1) is 6.25. The third-order valence-corrected chi connectivity index (χ3v) is 2.79. The highest BCUT2D eigenvalue weighted by atomic mass is 16.2. The molecule has 0 unspecified atom stereocenters. The van der Waals surface area contributed by atoms with E-state index in [1.165, 1.54) is 6.42 Å². The number of carbonyl (C=O) groups is 1. The quantitative estimate of drug-likeness (QED) is 0.482. The van der Waals surface area contributed by atoms with Crippen LogP contribution in [0.5, 0.6) is 0 Å². The van der Waals surface area contributed by atoms with E-state index in [9.17, 15) is 4.79 Å². The molecule has 0 spiro atoms. The summed E-state index contributed by atoms with van der Waals surface area (Å²) in [7, 11) is 1.78. The van der Waals surface area contributed by atoms with E-state index in [0.29, 0.717) is 0 Å². The zero-order valence-electron chi connectivity index (χ0n) is 7.89. The molecule has 4 heteroatoms. The molecule has 0 aromatic carbocycles. The molecule has 0 saturated heterocycles. The van der Waals surface area contributed by atoms with E-state index < -0.39 is 5.54 Å². The molecule has 0 aromatic rings. The van der Waals surface area contributed by atoms with Gasteiger partial charge in [0, 0.05) is 0 Å². The highest BCUT2D eigenvalue weighted by Crippen LogP contribution is 2.27. The highest BCUT2D eigenvalue weighted by Gasteiger charge is 2.37. The third kappa shape index (κ3) is 1.99. The number of likely N-dealkylation sites (N-methyl/N-ethyl adjacent to an activating group) is 1. The fourth-order valence-electron chi connectivity index (χ4n) is 1.92. The largest absolute Gasteiger partial charge is 0.306 e. The maximum absolute atomic E-state index is 11.6. The molecular formula is C9H15N3O. The van der Waals surface area contributed by atoms with Gasteiger partial charge in [-0.05, 0) is 19.9 Å². The van der Waals surface area contributed by atoms with Crippen molar-refractivity contribution in [2.45, 2.75) is 37.6 Å². The second kappa shape index (κ2) is 4.24. The number of rotatable bonds is 2. The summed E-state index contributed by atoms with van der Waals surface area (Å²) in [5, 5.41) is 13.6. The van der Waals surface area contributed by atoms with Crippen molar-refractivity contribution in [3.05, 3.63) is 0 Å². The minimum Gasteiger partial charge on any atom is -0.306 e. The second-order valence-corrected chi connectivity index (χ2v) is 3.46. The van der Waals surface area contributed by atoms with Crippen molar-refractivity contribution in [2.75, 3.05) is 7.05 Å². The number of hydrogen-bond donors (Lipinski definition) is 2. The van der Waals surface area contributed by atoms with Gasteiger partial charge in [0.25, 0.3) is 5.91 Å². The molecule has 1 fully saturated rings. The molecule has 0 radical (unpaired) electrons. The number of nitrogens with one attached hydrogen (secondary N) is 2. The van der Waals surface area contributed by atoms with Gasteiger partial charge in [0.1, 0.15) is 0 Å². The van der Waals surface area contributed by atoms with Gasteiger partial charge in [-0.3, -0.25) is 10.1 Å². The molecule has 1 aliphatic rings. The van der Waals surface area contributed by atoms with Crippen LogP contribution < -0.4 is 10.6 Å². The van der Waals surface area contributed by atoms with Crippen molar-refractivity contribution < 1.29 is 4.79 Å². The van der Waals surface area contributed by atoms with Crippen LogP contribution in [0.15, 0.2) is 0 Å². The van der Waals surface area contributed by atoms with Crippen molar-refractivity contribution in [3.8, 4) is 6.19 Å². The van der Waals surface area contributed by atoms with E-state index in [-0.39, 0.29) is 5.91 Å². The zero-order valence-corrected chi connectivity index (χ0v) is 7.89. The van der Waals surface area contributed by atoms with E-state index in [1.807, 2.05) is 0 Å². The smallest absolute Gasteiger partial charge is 0.253 e. The lowest BCUT2D eigenvalue weighted by Crippen LogP contribution is -2.55. The summed E-state index contributed by atoms with van der Waals surface area (Å²) in [5.41, 5.74) is -0.492. The minimum absolute atomic E-state index is 0.183. The Morgan fingerprint density at radius 2 is 2.00 bits per heavy atom. The third-order valence-electron chi connectivity index (χ3n) is 2.79. The fraction of sp³-hybridized carbons (Fsp3) is 0.778. The average Bonchev–Trinajstić information content (AvgIpc) is 2.19. The Morgan fingerprint density at radius 1 is 1.38 bits per heavy atom. The predicted molar refractivity (Wildman–Crippen MR) is 48.6 cm³/mol. The molecule has 0 aromatic heterocycles. The van der Waals surface area contributed by atoms with Gasteiger partial charge in [0.15, 0.2) is 6.19 Å². The summed E-state index contributed by atoms with van der Waals surface area (Å²) < 4.78 is 0. The van der Waals surface area contributed by atoms with Crippen molar-refractivity contribution in [2.24, 2.45) is 0 Å². The van der Waals surface area contributed by atoms with Crippen LogP contribution in [-0.2, 0) is 4.79 Å². The van der Waals surface area contributed by atoms with Gasteiger partial charge in [0.2, 0.25) is 0 Å². The van der Waals surface area contributed by atoms with Crippen LogP contribution in [0.4, 0.5) is 0 Å². The monoisotopic (exact) mass is 181 g/mol. The van der Waals surface area contributed by atoms with Gasteiger partial charge in [-0.25, -0.2) is 0 Å². The summed E-state index contributed by atoms with van der Waals surface area (Å²) in [5.74, 6) is -0.183. The fourth-order valence-corrected chi connectivity index (χ4v) is 1.92. The topological polar surface area (TPSA) is 64.9 Å². The molecule has 0 bridgehead atoms. The van der Waals surface area contributed by atoms with E-state index >= 15 is 0 Å². The Morgan fingerprint density at radius 3 is 2.46 bits per heavy atom. The number of nitriles is 1. The van der Waals surface area contributed by atoms with Gasteiger partial charge < -0.3 is 5.32 Å². The van der Waals surface area contributed by atoms with Gasteiger partial charge in [-0.1, -0.05) is 19.3 Å². The lowest BCUT2D eigenvalue weighted by Gasteiger charge is -2.34. The van der Waals surface area contributed by atoms with Crippen LogP contribution in [0.1, 0.15) is 32.1 Å². The van der Waals surface area contributed by atoms with E-state index in [0.717, 1.165) is 25.7 Å². The van der Waals surface area contributed by atoms with Gasteiger partial charge in [-0.15, -0.1) is 0 Å². The van der Waals surface area contributed by atoms with Gasteiger partial charge >= 0.3 is 0 Å². The summed E-state index contributed by atoms with van der Waals surface area (Å²) in [6.07, 6.45) is 6.64. The maximum Gasteiger partial charge on any atom is 0.253 e. The minimum atomic E-state index is -0.492. The van der Waals surface area contributed by atoms with E-state index in [2.05, 4.69) is 10.6 Å². The Balaban J connectivity index is 2.67. The second-order valence-electron chi connectivity index (χ2n) is 3.46. The van der Waals surface area contributed by atoms with Crippen LogP contribution in [0.25, 0.3) is 0 Å². The first-order valence-electron chi connectivity index (χ1n) is 4.63. The summed E-state index contributed by atoms with van der Waals surface area (Å²) in [6.45, 7) is 0. The molecule has 0 atom stereocenters. The Labute approximate surface area is 78.3 Å². The van der Waals surface area contributed by atoms with Crippen LogP contribution >= 0.6 is 0 Å². The number of nitrogens with zero attached hydrogens (tertiary/aromatic N) is 1. The molecule has 72 valence electrons. The Kier molecular flexibility index (Phi) is 3.26. The molecule has 1 amide bonds. The number of hydrogen-bond acceptors (Lipinski definition) is 3. The van der Waals surface area contributed by atoms with Crippen molar-refractivity contribution in [1.29, 1.82) is 5.26 Å². The predicted octanol–water partition coefficient (Wildman–Crippen LogP) is 0.506. The van der Waals surface area contributed by atoms with Crippen LogP contribution in [0.2, 0.25) is 0 Å². The highest BCUT2D eigenvalue weighted by molar-refractivity contribution is 5.87. The van der Waals surface area contributed by atoms with Crippen molar-refractivity contribution >= 4 is 5.91 Å². The van der Waals surface area contributed by atoms with Crippen LogP contribution in [-0.4, -0.2) is 18.5 Å². The lowest BCUT2D eigenvalue weighted by atomic mass is 9.81. The molecule has 1 aliphatic carbocycles. The van der Waals surface area contributed by atoms with E-state index in [1.54, 1.807) is 13.2 Å². The number of carbonyl (C=O) groups excluding carboxylic acids is 1. The van der Waals surface area contributed by atoms with Crippen LogP contribution in [0.3, 0.4) is 0 Å². The van der Waals surface area contributed by atoms with Gasteiger partial charge in [0.05, 0.1) is 5.54 Å². The molecule has 0 heterocycles. The first-order valence-corrected chi connectivity index (χ1v) is 4.63.